The molecule has 186 valence electrons. The minimum absolute atomic E-state index is 0.189. The minimum atomic E-state index is -4.68. The number of amides is 2. The van der Waals surface area contributed by atoms with Gasteiger partial charge in [-0.05, 0) is 54.5 Å². The molecule has 3 aromatic heterocycles. The maximum absolute atomic E-state index is 12.9. The van der Waals surface area contributed by atoms with Crippen LogP contribution in [-0.2, 0) is 6.18 Å². The second-order valence-electron chi connectivity index (χ2n) is 7.47. The van der Waals surface area contributed by atoms with Gasteiger partial charge < -0.3 is 22.1 Å². The third kappa shape index (κ3) is 6.03. The van der Waals surface area contributed by atoms with Gasteiger partial charge in [0.05, 0.1) is 11.9 Å². The molecule has 3 heterocycles. The van der Waals surface area contributed by atoms with E-state index in [1.54, 1.807) is 25.1 Å². The summed E-state index contributed by atoms with van der Waals surface area (Å²) in [7, 11) is 1.49. The molecule has 3 rings (SSSR count). The highest BCUT2D eigenvalue weighted by atomic mass is 19.4. The first-order chi connectivity index (χ1) is 17.0. The zero-order valence-corrected chi connectivity index (χ0v) is 19.2. The standard InChI is InChI=1S/C24H22F3N7O2/c1-13-18(19(29)7-16(11-28)14-3-5-31-20(8-14)23(36)30-2)10-17(12-33-13)34-22(35)15-4-6-32-21(9-15)24(25,26)27/h3-12H,28-29H2,1-2H3,(H,30,36)(H,34,35)/b16-11+,19-7-. The SMILES string of the molecule is CNC(=O)c1cc(C(/C=C(\N)c2cc(NC(=O)c3ccnc(C(F)(F)F)c3)cnc2C)=C/N)ccn1. The summed E-state index contributed by atoms with van der Waals surface area (Å²) in [5, 5.41) is 5.00. The lowest BCUT2D eigenvalue weighted by Crippen LogP contribution is -2.19. The number of anilines is 1. The number of nitrogens with one attached hydrogen (secondary N) is 2. The van der Waals surface area contributed by atoms with E-state index in [4.69, 9.17) is 11.5 Å². The summed E-state index contributed by atoms with van der Waals surface area (Å²) >= 11 is 0. The van der Waals surface area contributed by atoms with E-state index in [0.717, 1.165) is 6.20 Å². The molecule has 0 unspecified atom stereocenters. The maximum atomic E-state index is 12.9. The number of rotatable bonds is 6. The van der Waals surface area contributed by atoms with E-state index < -0.39 is 17.8 Å². The number of allylic oxidation sites excluding steroid dienone is 2. The van der Waals surface area contributed by atoms with Crippen molar-refractivity contribution >= 4 is 28.8 Å². The van der Waals surface area contributed by atoms with Crippen molar-refractivity contribution in [1.29, 1.82) is 0 Å². The zero-order valence-electron chi connectivity index (χ0n) is 19.2. The number of alkyl halides is 3. The molecule has 0 aliphatic carbocycles. The molecule has 0 saturated heterocycles. The smallest absolute Gasteiger partial charge is 0.404 e. The van der Waals surface area contributed by atoms with Crippen LogP contribution in [0.1, 0.15) is 43.4 Å². The fourth-order valence-corrected chi connectivity index (χ4v) is 3.16. The number of pyridine rings is 3. The topological polar surface area (TPSA) is 149 Å². The molecular weight excluding hydrogens is 475 g/mol. The molecule has 0 aliphatic rings. The Morgan fingerprint density at radius 3 is 2.36 bits per heavy atom. The molecule has 6 N–H and O–H groups in total. The molecule has 0 fully saturated rings. The number of carbonyl (C=O) groups excluding carboxylic acids is 2. The zero-order chi connectivity index (χ0) is 26.5. The largest absolute Gasteiger partial charge is 0.433 e. The van der Waals surface area contributed by atoms with E-state index in [2.05, 4.69) is 25.6 Å². The van der Waals surface area contributed by atoms with Crippen LogP contribution in [0.3, 0.4) is 0 Å². The van der Waals surface area contributed by atoms with E-state index >= 15 is 0 Å². The molecule has 2 amide bonds. The van der Waals surface area contributed by atoms with Crippen LogP contribution in [-0.4, -0.2) is 33.8 Å². The van der Waals surface area contributed by atoms with Crippen LogP contribution >= 0.6 is 0 Å². The van der Waals surface area contributed by atoms with Crippen molar-refractivity contribution in [2.24, 2.45) is 11.5 Å². The molecule has 0 bridgehead atoms. The summed E-state index contributed by atoms with van der Waals surface area (Å²) in [6.07, 6.45) is 1.92. The molecular formula is C24H22F3N7O2. The van der Waals surface area contributed by atoms with Gasteiger partial charge in [-0.15, -0.1) is 0 Å². The molecule has 12 heteroatoms. The Hall–Kier alpha value is -4.74. The molecule has 36 heavy (non-hydrogen) atoms. The van der Waals surface area contributed by atoms with Crippen LogP contribution in [0.15, 0.2) is 61.2 Å². The highest BCUT2D eigenvalue weighted by Gasteiger charge is 2.33. The van der Waals surface area contributed by atoms with Crippen molar-refractivity contribution in [1.82, 2.24) is 20.3 Å². The van der Waals surface area contributed by atoms with Crippen LogP contribution in [0.2, 0.25) is 0 Å². The third-order valence-corrected chi connectivity index (χ3v) is 5.01. The summed E-state index contributed by atoms with van der Waals surface area (Å²) in [5.41, 5.74) is 13.4. The lowest BCUT2D eigenvalue weighted by atomic mass is 10.0. The monoisotopic (exact) mass is 497 g/mol. The first-order valence-corrected chi connectivity index (χ1v) is 10.4. The fraction of sp³-hybridized carbons (Fsp3) is 0.125. The third-order valence-electron chi connectivity index (χ3n) is 5.01. The number of aromatic nitrogens is 3. The number of halogens is 3. The number of carbonyl (C=O) groups is 2. The van der Waals surface area contributed by atoms with E-state index in [9.17, 15) is 22.8 Å². The van der Waals surface area contributed by atoms with Gasteiger partial charge >= 0.3 is 6.18 Å². The fourth-order valence-electron chi connectivity index (χ4n) is 3.16. The van der Waals surface area contributed by atoms with Gasteiger partial charge in [0.15, 0.2) is 0 Å². The molecule has 0 saturated carbocycles. The van der Waals surface area contributed by atoms with E-state index in [0.29, 0.717) is 28.5 Å². The first-order valence-electron chi connectivity index (χ1n) is 10.4. The number of nitrogens with two attached hydrogens (primary N) is 2. The van der Waals surface area contributed by atoms with Gasteiger partial charge in [-0.25, -0.2) is 0 Å². The Morgan fingerprint density at radius 1 is 1.00 bits per heavy atom. The molecule has 0 radical (unpaired) electrons. The van der Waals surface area contributed by atoms with Gasteiger partial charge in [-0.1, -0.05) is 0 Å². The number of nitrogens with zero attached hydrogens (tertiary/aromatic N) is 3. The second-order valence-corrected chi connectivity index (χ2v) is 7.47. The summed E-state index contributed by atoms with van der Waals surface area (Å²) in [6.45, 7) is 1.70. The maximum Gasteiger partial charge on any atom is 0.433 e. The molecule has 0 aliphatic heterocycles. The Balaban J connectivity index is 1.88. The van der Waals surface area contributed by atoms with Crippen molar-refractivity contribution in [3.05, 3.63) is 95.0 Å². The van der Waals surface area contributed by atoms with E-state index in [1.165, 1.54) is 37.8 Å². The van der Waals surface area contributed by atoms with Crippen LogP contribution in [0.25, 0.3) is 11.3 Å². The number of hydrogen-bond acceptors (Lipinski definition) is 7. The van der Waals surface area contributed by atoms with Gasteiger partial charge in [0.1, 0.15) is 11.4 Å². The van der Waals surface area contributed by atoms with Gasteiger partial charge in [0.25, 0.3) is 11.8 Å². The molecule has 9 nitrogen and oxygen atoms in total. The Labute approximate surface area is 204 Å². The van der Waals surface area contributed by atoms with Crippen molar-refractivity contribution in [2.45, 2.75) is 13.1 Å². The normalized spacial score (nSPS) is 12.2. The second kappa shape index (κ2) is 10.7. The lowest BCUT2D eigenvalue weighted by molar-refractivity contribution is -0.141. The Bertz CT molecular complexity index is 1370. The van der Waals surface area contributed by atoms with Crippen LogP contribution in [0.5, 0.6) is 0 Å². The average molecular weight is 497 g/mol. The lowest BCUT2D eigenvalue weighted by Gasteiger charge is -2.12. The summed E-state index contributed by atoms with van der Waals surface area (Å²) in [6, 6.07) is 6.57. The predicted molar refractivity (Wildman–Crippen MR) is 128 cm³/mol. The van der Waals surface area contributed by atoms with Crippen LogP contribution in [0.4, 0.5) is 18.9 Å². The van der Waals surface area contributed by atoms with Crippen LogP contribution < -0.4 is 22.1 Å². The van der Waals surface area contributed by atoms with E-state index in [-0.39, 0.29) is 28.5 Å². The van der Waals surface area contributed by atoms with Crippen molar-refractivity contribution in [3.8, 4) is 0 Å². The van der Waals surface area contributed by atoms with Crippen molar-refractivity contribution < 1.29 is 22.8 Å². The Kier molecular flexibility index (Phi) is 7.67. The highest BCUT2D eigenvalue weighted by molar-refractivity contribution is 6.04. The minimum Gasteiger partial charge on any atom is -0.404 e. The van der Waals surface area contributed by atoms with Crippen molar-refractivity contribution in [3.63, 3.8) is 0 Å². The van der Waals surface area contributed by atoms with Gasteiger partial charge in [0.2, 0.25) is 0 Å². The van der Waals surface area contributed by atoms with Gasteiger partial charge in [-0.2, -0.15) is 13.2 Å². The van der Waals surface area contributed by atoms with Crippen LogP contribution in [0, 0.1) is 6.92 Å². The quantitative estimate of drug-likeness (QED) is 0.382. The summed E-state index contributed by atoms with van der Waals surface area (Å²) in [4.78, 5) is 35.9. The predicted octanol–water partition coefficient (Wildman–Crippen LogP) is 3.11. The van der Waals surface area contributed by atoms with Crippen molar-refractivity contribution in [2.75, 3.05) is 12.4 Å². The first kappa shape index (κ1) is 25.9. The molecule has 0 atom stereocenters. The number of hydrogen-bond donors (Lipinski definition) is 4. The van der Waals surface area contributed by atoms with Gasteiger partial charge in [-0.3, -0.25) is 24.5 Å². The van der Waals surface area contributed by atoms with E-state index in [1.807, 2.05) is 0 Å². The summed E-state index contributed by atoms with van der Waals surface area (Å²) in [5.74, 6) is -1.15. The molecule has 0 spiro atoms. The van der Waals surface area contributed by atoms with Gasteiger partial charge in [0, 0.05) is 48.2 Å². The number of aryl methyl sites for hydroxylation is 1. The molecule has 3 aromatic rings. The molecule has 0 aromatic carbocycles. The highest BCUT2D eigenvalue weighted by Crippen LogP contribution is 2.28. The average Bonchev–Trinajstić information content (AvgIpc) is 2.87. The summed E-state index contributed by atoms with van der Waals surface area (Å²) < 4.78 is 38.8. The Morgan fingerprint density at radius 2 is 1.69 bits per heavy atom.